The molecule has 6 nitrogen and oxygen atoms in total. The van der Waals surface area contributed by atoms with Crippen LogP contribution in [0.15, 0.2) is 18.2 Å². The van der Waals surface area contributed by atoms with Crippen molar-refractivity contribution in [3.8, 4) is 11.5 Å². The van der Waals surface area contributed by atoms with E-state index in [0.717, 1.165) is 22.8 Å². The molecule has 1 heterocycles. The summed E-state index contributed by atoms with van der Waals surface area (Å²) < 4.78 is 15.0. The van der Waals surface area contributed by atoms with Gasteiger partial charge in [0.15, 0.2) is 11.5 Å². The first-order chi connectivity index (χ1) is 11.5. The molecule has 7 heteroatoms. The largest absolute Gasteiger partial charge is 0.493 e. The van der Waals surface area contributed by atoms with E-state index in [1.807, 2.05) is 45.9 Å². The van der Waals surface area contributed by atoms with E-state index in [9.17, 15) is 4.79 Å². The summed E-state index contributed by atoms with van der Waals surface area (Å²) in [5.41, 5.74) is 1.66. The number of rotatable bonds is 7. The number of nitrogens with zero attached hydrogens (tertiary/aromatic N) is 2. The van der Waals surface area contributed by atoms with Gasteiger partial charge in [-0.15, -0.1) is 5.10 Å². The number of carbonyl (C=O) groups is 1. The topological polar surface area (TPSA) is 73.3 Å². The van der Waals surface area contributed by atoms with E-state index >= 15 is 0 Å². The minimum absolute atomic E-state index is 0.0631. The maximum atomic E-state index is 12.4. The molecule has 2 rings (SSSR count). The van der Waals surface area contributed by atoms with E-state index < -0.39 is 0 Å². The summed E-state index contributed by atoms with van der Waals surface area (Å²) in [6.07, 6.45) is 0.746. The number of methoxy groups -OCH3 is 1. The first-order valence-corrected chi connectivity index (χ1v) is 8.70. The minimum Gasteiger partial charge on any atom is -0.493 e. The van der Waals surface area contributed by atoms with Crippen molar-refractivity contribution in [2.75, 3.05) is 7.11 Å². The quantitative estimate of drug-likeness (QED) is 0.829. The van der Waals surface area contributed by atoms with Crippen LogP contribution in [-0.4, -0.2) is 28.7 Å². The number of hydrogen-bond acceptors (Lipinski definition) is 6. The third-order valence-electron chi connectivity index (χ3n) is 3.49. The average Bonchev–Trinajstić information content (AvgIpc) is 3.03. The molecule has 0 spiro atoms. The second kappa shape index (κ2) is 8.10. The zero-order valence-corrected chi connectivity index (χ0v) is 15.4. The average molecular weight is 349 g/mol. The summed E-state index contributed by atoms with van der Waals surface area (Å²) in [5, 5.41) is 6.95. The van der Waals surface area contributed by atoms with Crippen LogP contribution >= 0.6 is 11.5 Å². The molecule has 1 aromatic heterocycles. The summed E-state index contributed by atoms with van der Waals surface area (Å²) in [7, 11) is 1.60. The fourth-order valence-electron chi connectivity index (χ4n) is 2.26. The van der Waals surface area contributed by atoms with Crippen LogP contribution < -0.4 is 14.8 Å². The molecule has 1 atom stereocenters. The van der Waals surface area contributed by atoms with Crippen molar-refractivity contribution >= 4 is 17.4 Å². The van der Waals surface area contributed by atoms with Gasteiger partial charge >= 0.3 is 0 Å². The molecule has 1 N–H and O–H groups in total. The molecule has 0 unspecified atom stereocenters. The molecule has 1 aromatic carbocycles. The molecule has 0 bridgehead atoms. The van der Waals surface area contributed by atoms with Gasteiger partial charge in [0.2, 0.25) is 0 Å². The minimum atomic E-state index is -0.175. The molecule has 130 valence electrons. The standard InChI is InChI=1S/C17H23N3O3S/c1-6-13-16(24-20-19-13)17(21)18-11(4)12-7-8-14(23-10(2)3)15(9-12)22-5/h7-11H,6H2,1-5H3,(H,18,21)/t11-/m1/s1. The molecule has 0 aliphatic rings. The van der Waals surface area contributed by atoms with Gasteiger partial charge in [-0.3, -0.25) is 4.79 Å². The number of carbonyl (C=O) groups excluding carboxylic acids is 1. The van der Waals surface area contributed by atoms with Gasteiger partial charge in [0.25, 0.3) is 5.91 Å². The second-order valence-electron chi connectivity index (χ2n) is 5.67. The van der Waals surface area contributed by atoms with Crippen molar-refractivity contribution in [3.63, 3.8) is 0 Å². The lowest BCUT2D eigenvalue weighted by Gasteiger charge is -2.18. The summed E-state index contributed by atoms with van der Waals surface area (Å²) in [6.45, 7) is 7.81. The van der Waals surface area contributed by atoms with Crippen molar-refractivity contribution < 1.29 is 14.3 Å². The lowest BCUT2D eigenvalue weighted by Crippen LogP contribution is -2.26. The Labute approximate surface area is 146 Å². The van der Waals surface area contributed by atoms with Crippen LogP contribution in [0.2, 0.25) is 0 Å². The lowest BCUT2D eigenvalue weighted by molar-refractivity contribution is 0.0943. The van der Waals surface area contributed by atoms with E-state index in [1.54, 1.807) is 7.11 Å². The van der Waals surface area contributed by atoms with Crippen LogP contribution in [0.4, 0.5) is 0 Å². The van der Waals surface area contributed by atoms with Crippen LogP contribution in [0.5, 0.6) is 11.5 Å². The predicted molar refractivity (Wildman–Crippen MR) is 93.9 cm³/mol. The first-order valence-electron chi connectivity index (χ1n) is 7.92. The van der Waals surface area contributed by atoms with Crippen molar-refractivity contribution in [1.82, 2.24) is 14.9 Å². The Morgan fingerprint density at radius 1 is 1.29 bits per heavy atom. The van der Waals surface area contributed by atoms with E-state index in [1.165, 1.54) is 0 Å². The van der Waals surface area contributed by atoms with Gasteiger partial charge in [0.05, 0.1) is 24.9 Å². The SMILES string of the molecule is CCc1nnsc1C(=O)N[C@H](C)c1ccc(OC(C)C)c(OC)c1. The summed E-state index contributed by atoms with van der Waals surface area (Å²) in [4.78, 5) is 13.0. The molecule has 0 aliphatic heterocycles. The fraction of sp³-hybridized carbons (Fsp3) is 0.471. The zero-order chi connectivity index (χ0) is 17.7. The Morgan fingerprint density at radius 2 is 2.04 bits per heavy atom. The molecule has 0 radical (unpaired) electrons. The number of nitrogens with one attached hydrogen (secondary N) is 1. The van der Waals surface area contributed by atoms with Crippen molar-refractivity contribution in [1.29, 1.82) is 0 Å². The molecule has 1 amide bonds. The highest BCUT2D eigenvalue weighted by Gasteiger charge is 2.18. The van der Waals surface area contributed by atoms with Gasteiger partial charge in [-0.2, -0.15) is 0 Å². The van der Waals surface area contributed by atoms with Crippen LogP contribution in [0, 0.1) is 0 Å². The number of aromatic nitrogens is 2. The first kappa shape index (κ1) is 18.2. The smallest absolute Gasteiger partial charge is 0.265 e. The molecule has 0 saturated carbocycles. The molecule has 24 heavy (non-hydrogen) atoms. The monoisotopic (exact) mass is 349 g/mol. The normalized spacial score (nSPS) is 12.1. The van der Waals surface area contributed by atoms with E-state index in [2.05, 4.69) is 14.9 Å². The van der Waals surface area contributed by atoms with Gasteiger partial charge < -0.3 is 14.8 Å². The Kier molecular flexibility index (Phi) is 6.14. The Bertz CT molecular complexity index is 700. The summed E-state index contributed by atoms with van der Waals surface area (Å²) in [5.74, 6) is 1.18. The maximum Gasteiger partial charge on any atom is 0.265 e. The highest BCUT2D eigenvalue weighted by Crippen LogP contribution is 2.31. The molecule has 2 aromatic rings. The molecule has 0 aliphatic carbocycles. The van der Waals surface area contributed by atoms with Gasteiger partial charge in [0.1, 0.15) is 4.88 Å². The van der Waals surface area contributed by atoms with Gasteiger partial charge in [-0.25, -0.2) is 0 Å². The predicted octanol–water partition coefficient (Wildman–Crippen LogP) is 3.39. The summed E-state index contributed by atoms with van der Waals surface area (Å²) >= 11 is 1.12. The van der Waals surface area contributed by atoms with Crippen LogP contribution in [0.25, 0.3) is 0 Å². The van der Waals surface area contributed by atoms with E-state index in [-0.39, 0.29) is 18.1 Å². The second-order valence-corrected chi connectivity index (χ2v) is 6.43. The van der Waals surface area contributed by atoms with Crippen LogP contribution in [0.1, 0.15) is 54.7 Å². The van der Waals surface area contributed by atoms with Crippen molar-refractivity contribution in [3.05, 3.63) is 34.3 Å². The maximum absolute atomic E-state index is 12.4. The third-order valence-corrected chi connectivity index (χ3v) is 4.26. The molecule has 0 fully saturated rings. The Hall–Kier alpha value is -2.15. The zero-order valence-electron chi connectivity index (χ0n) is 14.6. The lowest BCUT2D eigenvalue weighted by atomic mass is 10.1. The summed E-state index contributed by atoms with van der Waals surface area (Å²) in [6, 6.07) is 5.50. The fourth-order valence-corrected chi connectivity index (χ4v) is 2.92. The van der Waals surface area contributed by atoms with Crippen molar-refractivity contribution in [2.24, 2.45) is 0 Å². The molecule has 0 saturated heterocycles. The van der Waals surface area contributed by atoms with Crippen molar-refractivity contribution in [2.45, 2.75) is 46.3 Å². The molecular weight excluding hydrogens is 326 g/mol. The number of benzene rings is 1. The highest BCUT2D eigenvalue weighted by molar-refractivity contribution is 7.08. The van der Waals surface area contributed by atoms with E-state index in [0.29, 0.717) is 22.8 Å². The number of ether oxygens (including phenoxy) is 2. The Balaban J connectivity index is 2.14. The van der Waals surface area contributed by atoms with Crippen LogP contribution in [-0.2, 0) is 6.42 Å². The number of hydrogen-bond donors (Lipinski definition) is 1. The van der Waals surface area contributed by atoms with Gasteiger partial charge in [-0.05, 0) is 56.4 Å². The Morgan fingerprint density at radius 3 is 2.67 bits per heavy atom. The third kappa shape index (κ3) is 4.23. The number of amides is 1. The van der Waals surface area contributed by atoms with Gasteiger partial charge in [-0.1, -0.05) is 17.5 Å². The highest BCUT2D eigenvalue weighted by atomic mass is 32.1. The number of aryl methyl sites for hydroxylation is 1. The molecular formula is C17H23N3O3S. The van der Waals surface area contributed by atoms with E-state index in [4.69, 9.17) is 9.47 Å². The van der Waals surface area contributed by atoms with Crippen LogP contribution in [0.3, 0.4) is 0 Å². The van der Waals surface area contributed by atoms with Gasteiger partial charge in [0, 0.05) is 0 Å².